The van der Waals surface area contributed by atoms with Crippen molar-refractivity contribution in [2.45, 2.75) is 56.1 Å². The first-order valence-electron chi connectivity index (χ1n) is 8.78. The lowest BCUT2D eigenvalue weighted by atomic mass is 9.77. The Morgan fingerprint density at radius 2 is 2.08 bits per heavy atom. The number of ether oxygens (including phenoxy) is 1. The highest BCUT2D eigenvalue weighted by molar-refractivity contribution is 6.30. The number of methoxy groups -OCH3 is 1. The fraction of sp³-hybridized carbons (Fsp3) is 0.579. The molecule has 6 heteroatoms. The maximum atomic E-state index is 13.6. The summed E-state index contributed by atoms with van der Waals surface area (Å²) < 4.78 is 5.42. The molecule has 1 saturated carbocycles. The maximum Gasteiger partial charge on any atom is 0.305 e. The highest BCUT2D eigenvalue weighted by Crippen LogP contribution is 2.44. The van der Waals surface area contributed by atoms with Gasteiger partial charge in [0.2, 0.25) is 5.91 Å². The summed E-state index contributed by atoms with van der Waals surface area (Å²) in [5.74, 6) is -0.860. The van der Waals surface area contributed by atoms with Gasteiger partial charge in [0.1, 0.15) is 0 Å². The monoisotopic (exact) mass is 365 g/mol. The van der Waals surface area contributed by atoms with Gasteiger partial charge in [-0.3, -0.25) is 9.59 Å². The number of rotatable bonds is 5. The van der Waals surface area contributed by atoms with E-state index in [1.807, 2.05) is 24.3 Å². The minimum absolute atomic E-state index is 0.0260. The predicted octanol–water partition coefficient (Wildman–Crippen LogP) is 3.24. The summed E-state index contributed by atoms with van der Waals surface area (Å²) in [6.07, 6.45) is 3.95. The third-order valence-corrected chi connectivity index (χ3v) is 5.86. The smallest absolute Gasteiger partial charge is 0.305 e. The molecule has 2 atom stereocenters. The quantitative estimate of drug-likeness (QED) is 0.869. The minimum atomic E-state index is -0.886. The minimum Gasteiger partial charge on any atom is -0.481 e. The fourth-order valence-electron chi connectivity index (χ4n) is 4.35. The van der Waals surface area contributed by atoms with Crippen LogP contribution in [0.2, 0.25) is 5.02 Å². The van der Waals surface area contributed by atoms with Crippen LogP contribution in [0.5, 0.6) is 0 Å². The summed E-state index contributed by atoms with van der Waals surface area (Å²) in [6.45, 7) is 0.454. The molecule has 1 aliphatic carbocycles. The molecule has 1 saturated heterocycles. The van der Waals surface area contributed by atoms with Crippen molar-refractivity contribution in [3.63, 3.8) is 0 Å². The number of carboxylic acid groups (broad SMARTS) is 1. The van der Waals surface area contributed by atoms with Crippen LogP contribution in [0.15, 0.2) is 24.3 Å². The Bertz CT molecular complexity index is 657. The summed E-state index contributed by atoms with van der Waals surface area (Å²) >= 11 is 6.17. The molecule has 1 aromatic rings. The van der Waals surface area contributed by atoms with Crippen LogP contribution in [0.25, 0.3) is 0 Å². The van der Waals surface area contributed by atoms with Crippen LogP contribution >= 0.6 is 11.6 Å². The van der Waals surface area contributed by atoms with Gasteiger partial charge in [-0.05, 0) is 37.0 Å². The van der Waals surface area contributed by atoms with Crippen LogP contribution in [0, 0.1) is 0 Å². The molecule has 2 fully saturated rings. The summed E-state index contributed by atoms with van der Waals surface area (Å²) in [7, 11) is 1.61. The molecule has 3 rings (SSSR count). The number of likely N-dealkylation sites (tertiary alicyclic amines) is 1. The van der Waals surface area contributed by atoms with Crippen LogP contribution in [-0.4, -0.2) is 47.7 Å². The van der Waals surface area contributed by atoms with Crippen molar-refractivity contribution in [3.05, 3.63) is 34.9 Å². The number of carbonyl (C=O) groups excluding carboxylic acids is 1. The van der Waals surface area contributed by atoms with Crippen molar-refractivity contribution in [2.75, 3.05) is 13.7 Å². The van der Waals surface area contributed by atoms with Gasteiger partial charge < -0.3 is 14.7 Å². The summed E-state index contributed by atoms with van der Waals surface area (Å²) in [4.78, 5) is 26.6. The molecular formula is C19H24ClNO4. The van der Waals surface area contributed by atoms with E-state index in [1.54, 1.807) is 12.0 Å². The molecular weight excluding hydrogens is 342 g/mol. The second-order valence-electron chi connectivity index (χ2n) is 7.10. The van der Waals surface area contributed by atoms with Crippen LogP contribution in [-0.2, 0) is 19.7 Å². The van der Waals surface area contributed by atoms with Gasteiger partial charge in [0.25, 0.3) is 0 Å². The Hall–Kier alpha value is -1.59. The molecule has 136 valence electrons. The van der Waals surface area contributed by atoms with Gasteiger partial charge in [-0.25, -0.2) is 0 Å². The number of benzene rings is 1. The van der Waals surface area contributed by atoms with E-state index in [1.165, 1.54) is 0 Å². The molecule has 1 heterocycles. The van der Waals surface area contributed by atoms with Crippen LogP contribution < -0.4 is 0 Å². The van der Waals surface area contributed by atoms with Gasteiger partial charge >= 0.3 is 5.97 Å². The average molecular weight is 366 g/mol. The van der Waals surface area contributed by atoms with Crippen molar-refractivity contribution in [3.8, 4) is 0 Å². The zero-order valence-corrected chi connectivity index (χ0v) is 15.2. The third-order valence-electron chi connectivity index (χ3n) is 5.62. The van der Waals surface area contributed by atoms with Gasteiger partial charge in [-0.1, -0.05) is 36.6 Å². The van der Waals surface area contributed by atoms with Crippen molar-refractivity contribution in [1.82, 2.24) is 4.90 Å². The third kappa shape index (κ3) is 3.53. The molecule has 1 N–H and O–H groups in total. The van der Waals surface area contributed by atoms with Gasteiger partial charge in [0.05, 0.1) is 17.9 Å². The van der Waals surface area contributed by atoms with E-state index in [4.69, 9.17) is 16.3 Å². The maximum absolute atomic E-state index is 13.6. The Kier molecular flexibility index (Phi) is 5.35. The predicted molar refractivity (Wildman–Crippen MR) is 94.8 cm³/mol. The number of amides is 1. The number of hydrogen-bond donors (Lipinski definition) is 1. The summed E-state index contributed by atoms with van der Waals surface area (Å²) in [5.41, 5.74) is 0.349. The number of halogens is 1. The summed E-state index contributed by atoms with van der Waals surface area (Å²) in [6, 6.07) is 7.21. The fourth-order valence-corrected chi connectivity index (χ4v) is 4.54. The zero-order chi connectivity index (χ0) is 18.0. The number of nitrogens with zero attached hydrogens (tertiary/aromatic N) is 1. The van der Waals surface area contributed by atoms with Crippen molar-refractivity contribution in [1.29, 1.82) is 0 Å². The van der Waals surface area contributed by atoms with Crippen molar-refractivity contribution >= 4 is 23.5 Å². The standard InChI is InChI=1S/C19H24ClNO4/c1-25-16-10-15(11-17(22)23)21(12-16)18(24)19(7-2-3-8-19)13-5-4-6-14(20)9-13/h4-6,9,15-16H,2-3,7-8,10-12H2,1H3,(H,22,23). The van der Waals surface area contributed by atoms with Gasteiger partial charge in [-0.2, -0.15) is 0 Å². The molecule has 0 aromatic heterocycles. The van der Waals surface area contributed by atoms with E-state index in [0.717, 1.165) is 31.2 Å². The van der Waals surface area contributed by atoms with Crippen LogP contribution in [0.4, 0.5) is 0 Å². The Balaban J connectivity index is 1.93. The van der Waals surface area contributed by atoms with Crippen molar-refractivity contribution in [2.24, 2.45) is 0 Å². The Morgan fingerprint density at radius 1 is 1.36 bits per heavy atom. The lowest BCUT2D eigenvalue weighted by Crippen LogP contribution is -2.48. The number of carboxylic acids is 1. The Labute approximate surface area is 152 Å². The van der Waals surface area contributed by atoms with E-state index < -0.39 is 11.4 Å². The molecule has 5 nitrogen and oxygen atoms in total. The normalized spacial score (nSPS) is 25.3. The molecule has 0 spiro atoms. The zero-order valence-electron chi connectivity index (χ0n) is 14.4. The van der Waals surface area contributed by atoms with Crippen LogP contribution in [0.1, 0.15) is 44.1 Å². The number of carbonyl (C=O) groups is 2. The number of hydrogen-bond acceptors (Lipinski definition) is 3. The van der Waals surface area contributed by atoms with Crippen LogP contribution in [0.3, 0.4) is 0 Å². The van der Waals surface area contributed by atoms with E-state index in [9.17, 15) is 14.7 Å². The first kappa shape index (κ1) is 18.2. The molecule has 0 radical (unpaired) electrons. The van der Waals surface area contributed by atoms with Gasteiger partial charge in [0, 0.05) is 24.7 Å². The van der Waals surface area contributed by atoms with Gasteiger partial charge in [-0.15, -0.1) is 0 Å². The lowest BCUT2D eigenvalue weighted by Gasteiger charge is -2.35. The number of aliphatic carboxylic acids is 1. The molecule has 2 unspecified atom stereocenters. The SMILES string of the molecule is COC1CC(CC(=O)O)N(C(=O)C2(c3cccc(Cl)c3)CCCC2)C1. The van der Waals surface area contributed by atoms with Gasteiger partial charge in [0.15, 0.2) is 0 Å². The second-order valence-corrected chi connectivity index (χ2v) is 7.54. The van der Waals surface area contributed by atoms with Crippen molar-refractivity contribution < 1.29 is 19.4 Å². The molecule has 1 aliphatic heterocycles. The highest BCUT2D eigenvalue weighted by Gasteiger charge is 2.49. The second kappa shape index (κ2) is 7.34. The molecule has 1 amide bonds. The highest BCUT2D eigenvalue weighted by atomic mass is 35.5. The van der Waals surface area contributed by atoms with E-state index in [2.05, 4.69) is 0 Å². The molecule has 2 aliphatic rings. The Morgan fingerprint density at radius 3 is 2.68 bits per heavy atom. The van der Waals surface area contributed by atoms with E-state index in [-0.39, 0.29) is 24.5 Å². The molecule has 1 aromatic carbocycles. The molecule has 25 heavy (non-hydrogen) atoms. The topological polar surface area (TPSA) is 66.8 Å². The van der Waals surface area contributed by atoms with E-state index in [0.29, 0.717) is 18.0 Å². The molecule has 0 bridgehead atoms. The van der Waals surface area contributed by atoms with E-state index >= 15 is 0 Å². The largest absolute Gasteiger partial charge is 0.481 e. The first-order chi connectivity index (χ1) is 12.0. The lowest BCUT2D eigenvalue weighted by molar-refractivity contribution is -0.142. The average Bonchev–Trinajstić information content (AvgIpc) is 3.21. The first-order valence-corrected chi connectivity index (χ1v) is 9.16. The summed E-state index contributed by atoms with van der Waals surface area (Å²) in [5, 5.41) is 9.84.